The Morgan fingerprint density at radius 3 is 2.91 bits per heavy atom. The Kier molecular flexibility index (Phi) is 6.39. The highest BCUT2D eigenvalue weighted by Crippen LogP contribution is 1.70. The van der Waals surface area contributed by atoms with Crippen molar-refractivity contribution in [2.24, 2.45) is 5.73 Å². The third-order valence-corrected chi connectivity index (χ3v) is 0.925. The number of carbonyl (C=O) groups excluding carboxylic acids is 1. The summed E-state index contributed by atoms with van der Waals surface area (Å²) in [7, 11) is 0. The summed E-state index contributed by atoms with van der Waals surface area (Å²) in [4.78, 5) is 10.4. The first-order valence-electron chi connectivity index (χ1n) is 3.33. The number of carbonyl (C=O) groups is 1. The van der Waals surface area contributed by atoms with Crippen molar-refractivity contribution in [2.45, 2.75) is 0 Å². The molecule has 0 radical (unpaired) electrons. The predicted octanol–water partition coefficient (Wildman–Crippen LogP) is -1.29. The molecule has 0 saturated carbocycles. The van der Waals surface area contributed by atoms with E-state index in [1.54, 1.807) is 0 Å². The van der Waals surface area contributed by atoms with Crippen LogP contribution < -0.4 is 11.1 Å². The summed E-state index contributed by atoms with van der Waals surface area (Å²) in [6, 6.07) is 0. The van der Waals surface area contributed by atoms with E-state index in [1.807, 2.05) is 5.92 Å². The molecule has 0 spiro atoms. The van der Waals surface area contributed by atoms with Gasteiger partial charge in [-0.1, -0.05) is 0 Å². The molecule has 3 N–H and O–H groups in total. The van der Waals surface area contributed by atoms with Gasteiger partial charge in [-0.25, -0.2) is 0 Å². The molecule has 0 aliphatic heterocycles. The Morgan fingerprint density at radius 1 is 1.64 bits per heavy atom. The minimum absolute atomic E-state index is 0.415. The van der Waals surface area contributed by atoms with Gasteiger partial charge in [0.25, 0.3) is 5.91 Å². The van der Waals surface area contributed by atoms with Crippen LogP contribution in [0.15, 0.2) is 0 Å². The van der Waals surface area contributed by atoms with Crippen LogP contribution in [0.3, 0.4) is 0 Å². The van der Waals surface area contributed by atoms with Gasteiger partial charge in [-0.15, -0.1) is 6.42 Å². The molecule has 0 saturated heterocycles. The minimum Gasteiger partial charge on any atom is -0.378 e. The number of ether oxygens (including phenoxy) is 1. The summed E-state index contributed by atoms with van der Waals surface area (Å²) in [5.74, 6) is 1.51. The Hall–Kier alpha value is -1.05. The van der Waals surface area contributed by atoms with Crippen LogP contribution in [0.5, 0.6) is 0 Å². The van der Waals surface area contributed by atoms with Crippen LogP contribution in [0.1, 0.15) is 0 Å². The molecule has 4 nitrogen and oxygen atoms in total. The second-order valence-electron chi connectivity index (χ2n) is 1.80. The quantitative estimate of drug-likeness (QED) is 0.384. The summed E-state index contributed by atoms with van der Waals surface area (Å²) in [6.07, 6.45) is 4.79. The molecule has 1 amide bonds. The van der Waals surface area contributed by atoms with Crippen LogP contribution in [-0.4, -0.2) is 32.2 Å². The number of nitrogens with two attached hydrogens (primary N) is 1. The number of hydrogen-bond donors (Lipinski definition) is 2. The van der Waals surface area contributed by atoms with Crippen molar-refractivity contribution in [1.29, 1.82) is 0 Å². The molecule has 0 rings (SSSR count). The molecular weight excluding hydrogens is 144 g/mol. The Morgan fingerprint density at radius 2 is 2.36 bits per heavy atom. The molecule has 0 aromatic heterocycles. The van der Waals surface area contributed by atoms with E-state index < -0.39 is 5.91 Å². The fraction of sp³-hybridized carbons (Fsp3) is 0.571. The summed E-state index contributed by atoms with van der Waals surface area (Å²) in [5, 5.41) is 2.45. The van der Waals surface area contributed by atoms with Gasteiger partial charge in [0.1, 0.15) is 0 Å². The van der Waals surface area contributed by atoms with E-state index in [1.165, 1.54) is 0 Å². The zero-order chi connectivity index (χ0) is 8.53. The normalized spacial score (nSPS) is 8.73. The van der Waals surface area contributed by atoms with Crippen molar-refractivity contribution in [1.82, 2.24) is 5.32 Å². The number of hydrogen-bond acceptors (Lipinski definition) is 3. The van der Waals surface area contributed by atoms with E-state index in [2.05, 4.69) is 5.32 Å². The number of nitrogens with one attached hydrogen (secondary N) is 1. The Bertz CT molecular complexity index is 151. The van der Waals surface area contributed by atoms with Crippen molar-refractivity contribution in [3.05, 3.63) is 0 Å². The van der Waals surface area contributed by atoms with Crippen molar-refractivity contribution in [3.63, 3.8) is 0 Å². The maximum Gasteiger partial charge on any atom is 0.295 e. The highest BCUT2D eigenvalue weighted by molar-refractivity contribution is 5.92. The second-order valence-corrected chi connectivity index (χ2v) is 1.80. The zero-order valence-corrected chi connectivity index (χ0v) is 6.30. The fourth-order valence-electron chi connectivity index (χ4n) is 0.473. The van der Waals surface area contributed by atoms with E-state index in [9.17, 15) is 4.79 Å². The van der Waals surface area contributed by atoms with E-state index in [0.717, 1.165) is 0 Å². The molecule has 0 aromatic rings. The number of amides is 1. The average Bonchev–Trinajstić information content (AvgIpc) is 2.04. The second kappa shape index (κ2) is 7.06. The lowest BCUT2D eigenvalue weighted by Crippen LogP contribution is -2.26. The van der Waals surface area contributed by atoms with Crippen LogP contribution in [0.4, 0.5) is 0 Å². The first kappa shape index (κ1) is 9.95. The molecule has 0 aromatic carbocycles. The molecule has 0 aliphatic rings. The molecule has 62 valence electrons. The fourth-order valence-corrected chi connectivity index (χ4v) is 0.473. The average molecular weight is 156 g/mol. The Labute approximate surface area is 66.1 Å². The summed E-state index contributed by atoms with van der Waals surface area (Å²) in [5.41, 5.74) is 5.15. The van der Waals surface area contributed by atoms with Gasteiger partial charge in [0.15, 0.2) is 0 Å². The van der Waals surface area contributed by atoms with Crippen LogP contribution in [-0.2, 0) is 9.53 Å². The van der Waals surface area contributed by atoms with Crippen LogP contribution in [0.2, 0.25) is 0 Å². The largest absolute Gasteiger partial charge is 0.378 e. The van der Waals surface area contributed by atoms with E-state index in [4.69, 9.17) is 16.9 Å². The van der Waals surface area contributed by atoms with Crippen molar-refractivity contribution in [3.8, 4) is 12.3 Å². The zero-order valence-electron chi connectivity index (χ0n) is 6.30. The SMILES string of the molecule is C#CC(=O)NCCOCCN. The molecule has 0 bridgehead atoms. The molecule has 0 atom stereocenters. The molecule has 0 fully saturated rings. The monoisotopic (exact) mass is 156 g/mol. The van der Waals surface area contributed by atoms with Gasteiger partial charge in [-0.05, 0) is 5.92 Å². The van der Waals surface area contributed by atoms with E-state index in [0.29, 0.717) is 26.3 Å². The van der Waals surface area contributed by atoms with Gasteiger partial charge in [0, 0.05) is 13.1 Å². The first-order chi connectivity index (χ1) is 5.31. The third kappa shape index (κ3) is 6.84. The lowest BCUT2D eigenvalue weighted by Gasteiger charge is -2.01. The smallest absolute Gasteiger partial charge is 0.295 e. The predicted molar refractivity (Wildman–Crippen MR) is 41.7 cm³/mol. The summed E-state index contributed by atoms with van der Waals surface area (Å²) < 4.78 is 4.97. The molecule has 4 heteroatoms. The molecular formula is C7H12N2O2. The summed E-state index contributed by atoms with van der Waals surface area (Å²) in [6.45, 7) is 1.88. The topological polar surface area (TPSA) is 64.3 Å². The van der Waals surface area contributed by atoms with Gasteiger partial charge >= 0.3 is 0 Å². The molecule has 0 aliphatic carbocycles. The van der Waals surface area contributed by atoms with Crippen LogP contribution in [0, 0.1) is 12.3 Å². The van der Waals surface area contributed by atoms with Gasteiger partial charge in [0.05, 0.1) is 13.2 Å². The lowest BCUT2D eigenvalue weighted by molar-refractivity contribution is -0.115. The maximum atomic E-state index is 10.4. The summed E-state index contributed by atoms with van der Waals surface area (Å²) >= 11 is 0. The van der Waals surface area contributed by atoms with Gasteiger partial charge in [-0.2, -0.15) is 0 Å². The molecule has 0 unspecified atom stereocenters. The van der Waals surface area contributed by atoms with E-state index in [-0.39, 0.29) is 0 Å². The number of terminal acetylenes is 1. The van der Waals surface area contributed by atoms with Crippen LogP contribution in [0.25, 0.3) is 0 Å². The van der Waals surface area contributed by atoms with E-state index >= 15 is 0 Å². The first-order valence-corrected chi connectivity index (χ1v) is 3.33. The molecule has 11 heavy (non-hydrogen) atoms. The third-order valence-electron chi connectivity index (χ3n) is 0.925. The van der Waals surface area contributed by atoms with Crippen molar-refractivity contribution >= 4 is 5.91 Å². The van der Waals surface area contributed by atoms with Gasteiger partial charge in [0.2, 0.25) is 0 Å². The minimum atomic E-state index is -0.415. The standard InChI is InChI=1S/C7H12N2O2/c1-2-7(10)9-4-6-11-5-3-8/h1H,3-6,8H2,(H,9,10). The Balaban J connectivity index is 3.03. The van der Waals surface area contributed by atoms with Crippen molar-refractivity contribution in [2.75, 3.05) is 26.3 Å². The van der Waals surface area contributed by atoms with Gasteiger partial charge < -0.3 is 15.8 Å². The highest BCUT2D eigenvalue weighted by Gasteiger charge is 1.91. The molecule has 0 heterocycles. The van der Waals surface area contributed by atoms with Crippen LogP contribution >= 0.6 is 0 Å². The highest BCUT2D eigenvalue weighted by atomic mass is 16.5. The van der Waals surface area contributed by atoms with Gasteiger partial charge in [-0.3, -0.25) is 4.79 Å². The van der Waals surface area contributed by atoms with Crippen molar-refractivity contribution < 1.29 is 9.53 Å². The maximum absolute atomic E-state index is 10.4. The number of rotatable bonds is 5. The lowest BCUT2D eigenvalue weighted by atomic mass is 10.6.